The second kappa shape index (κ2) is 6.70. The van der Waals surface area contributed by atoms with Crippen molar-refractivity contribution in [3.63, 3.8) is 0 Å². The van der Waals surface area contributed by atoms with Crippen LogP contribution in [0.1, 0.15) is 18.5 Å². The highest BCUT2D eigenvalue weighted by Gasteiger charge is 2.10. The molecule has 4 N–H and O–H groups in total. The molecule has 0 saturated carbocycles. The van der Waals surface area contributed by atoms with Gasteiger partial charge in [0, 0.05) is 0 Å². The molecule has 0 fully saturated rings. The van der Waals surface area contributed by atoms with Gasteiger partial charge in [0.2, 0.25) is 11.8 Å². The van der Waals surface area contributed by atoms with Crippen LogP contribution in [0.5, 0.6) is 0 Å². The molecule has 0 aliphatic heterocycles. The standard InChI is InChI=1S/C12H16FN3O2/c1-8(9-3-2-4-10(13)5-9)16-12(18)7-15-11(17)6-14/h2-5,8H,6-7,14H2,1H3,(H,15,17)(H,16,18)/t8-/m1/s1. The highest BCUT2D eigenvalue weighted by molar-refractivity contribution is 5.85. The fraction of sp³-hybridized carbons (Fsp3) is 0.333. The first-order chi connectivity index (χ1) is 8.52. The predicted molar refractivity (Wildman–Crippen MR) is 65.0 cm³/mol. The number of hydrogen-bond acceptors (Lipinski definition) is 3. The highest BCUT2D eigenvalue weighted by atomic mass is 19.1. The number of carbonyl (C=O) groups excluding carboxylic acids is 2. The number of nitrogens with two attached hydrogens (primary N) is 1. The Morgan fingerprint density at radius 1 is 1.39 bits per heavy atom. The summed E-state index contributed by atoms with van der Waals surface area (Å²) in [7, 11) is 0. The molecule has 0 aliphatic carbocycles. The predicted octanol–water partition coefficient (Wildman–Crippen LogP) is 0.0778. The van der Waals surface area contributed by atoms with Gasteiger partial charge in [-0.05, 0) is 24.6 Å². The van der Waals surface area contributed by atoms with Crippen LogP contribution in [0.25, 0.3) is 0 Å². The van der Waals surface area contributed by atoms with Crippen molar-refractivity contribution in [3.8, 4) is 0 Å². The van der Waals surface area contributed by atoms with Crippen LogP contribution in [0.4, 0.5) is 4.39 Å². The molecule has 0 spiro atoms. The normalized spacial score (nSPS) is 11.7. The fourth-order valence-electron chi connectivity index (χ4n) is 1.40. The monoisotopic (exact) mass is 253 g/mol. The van der Waals surface area contributed by atoms with Gasteiger partial charge in [-0.3, -0.25) is 9.59 Å². The molecule has 5 nitrogen and oxygen atoms in total. The smallest absolute Gasteiger partial charge is 0.239 e. The van der Waals surface area contributed by atoms with Crippen molar-refractivity contribution in [2.75, 3.05) is 13.1 Å². The Kier molecular flexibility index (Phi) is 5.26. The molecule has 1 rings (SSSR count). The summed E-state index contributed by atoms with van der Waals surface area (Å²) in [6.45, 7) is 1.43. The topological polar surface area (TPSA) is 84.2 Å². The molecule has 0 saturated heterocycles. The molecule has 0 aromatic heterocycles. The Labute approximate surface area is 105 Å². The second-order valence-electron chi connectivity index (χ2n) is 3.83. The molecule has 0 heterocycles. The Morgan fingerprint density at radius 3 is 2.72 bits per heavy atom. The van der Waals surface area contributed by atoms with Crippen LogP contribution in [0.15, 0.2) is 24.3 Å². The Bertz CT molecular complexity index is 437. The lowest BCUT2D eigenvalue weighted by atomic mass is 10.1. The van der Waals surface area contributed by atoms with E-state index in [0.29, 0.717) is 5.56 Å². The van der Waals surface area contributed by atoms with Crippen LogP contribution in [0.3, 0.4) is 0 Å². The minimum absolute atomic E-state index is 0.143. The van der Waals surface area contributed by atoms with E-state index in [1.807, 2.05) is 0 Å². The lowest BCUT2D eigenvalue weighted by Gasteiger charge is -2.14. The van der Waals surface area contributed by atoms with E-state index in [9.17, 15) is 14.0 Å². The average molecular weight is 253 g/mol. The first-order valence-electron chi connectivity index (χ1n) is 5.54. The van der Waals surface area contributed by atoms with Gasteiger partial charge in [0.15, 0.2) is 0 Å². The zero-order valence-electron chi connectivity index (χ0n) is 10.1. The highest BCUT2D eigenvalue weighted by Crippen LogP contribution is 2.12. The molecule has 0 aliphatic rings. The summed E-state index contributed by atoms with van der Waals surface area (Å²) in [5, 5.41) is 4.99. The van der Waals surface area contributed by atoms with Gasteiger partial charge in [0.25, 0.3) is 0 Å². The van der Waals surface area contributed by atoms with E-state index in [0.717, 1.165) is 0 Å². The number of carbonyl (C=O) groups is 2. The largest absolute Gasteiger partial charge is 0.348 e. The third-order valence-corrected chi connectivity index (χ3v) is 2.36. The van der Waals surface area contributed by atoms with Crippen molar-refractivity contribution in [2.45, 2.75) is 13.0 Å². The van der Waals surface area contributed by atoms with Crippen LogP contribution in [0, 0.1) is 5.82 Å². The maximum absolute atomic E-state index is 13.0. The van der Waals surface area contributed by atoms with Crippen LogP contribution < -0.4 is 16.4 Å². The maximum atomic E-state index is 13.0. The van der Waals surface area contributed by atoms with Crippen molar-refractivity contribution < 1.29 is 14.0 Å². The van der Waals surface area contributed by atoms with Crippen molar-refractivity contribution >= 4 is 11.8 Å². The molecule has 0 bridgehead atoms. The number of amides is 2. The van der Waals surface area contributed by atoms with Crippen molar-refractivity contribution in [1.29, 1.82) is 0 Å². The molecule has 0 radical (unpaired) electrons. The number of hydrogen-bond donors (Lipinski definition) is 3. The summed E-state index contributed by atoms with van der Waals surface area (Å²) in [6.07, 6.45) is 0. The van der Waals surface area contributed by atoms with Gasteiger partial charge in [0.05, 0.1) is 19.1 Å². The molecule has 1 aromatic carbocycles. The fourth-order valence-corrected chi connectivity index (χ4v) is 1.40. The first kappa shape index (κ1) is 14.1. The second-order valence-corrected chi connectivity index (χ2v) is 3.83. The number of nitrogens with one attached hydrogen (secondary N) is 2. The zero-order valence-corrected chi connectivity index (χ0v) is 10.1. The van der Waals surface area contributed by atoms with Crippen molar-refractivity contribution in [1.82, 2.24) is 10.6 Å². The van der Waals surface area contributed by atoms with Gasteiger partial charge < -0.3 is 16.4 Å². The SMILES string of the molecule is C[C@@H](NC(=O)CNC(=O)CN)c1cccc(F)c1. The third kappa shape index (κ3) is 4.50. The quantitative estimate of drug-likeness (QED) is 0.694. The van der Waals surface area contributed by atoms with Gasteiger partial charge in [-0.25, -0.2) is 4.39 Å². The molecule has 98 valence electrons. The summed E-state index contributed by atoms with van der Waals surface area (Å²) >= 11 is 0. The lowest BCUT2D eigenvalue weighted by molar-refractivity contribution is -0.125. The van der Waals surface area contributed by atoms with Crippen molar-refractivity contribution in [3.05, 3.63) is 35.6 Å². The number of rotatable bonds is 5. The van der Waals surface area contributed by atoms with Gasteiger partial charge >= 0.3 is 0 Å². The third-order valence-electron chi connectivity index (χ3n) is 2.36. The van der Waals surface area contributed by atoms with Gasteiger partial charge in [-0.2, -0.15) is 0 Å². The zero-order chi connectivity index (χ0) is 13.5. The molecular formula is C12H16FN3O2. The first-order valence-corrected chi connectivity index (χ1v) is 5.54. The van der Waals surface area contributed by atoms with Gasteiger partial charge in [-0.1, -0.05) is 12.1 Å². The summed E-state index contributed by atoms with van der Waals surface area (Å²) < 4.78 is 13.0. The van der Waals surface area contributed by atoms with E-state index < -0.39 is 5.91 Å². The van der Waals surface area contributed by atoms with E-state index in [2.05, 4.69) is 10.6 Å². The maximum Gasteiger partial charge on any atom is 0.239 e. The Morgan fingerprint density at radius 2 is 2.11 bits per heavy atom. The molecule has 2 amide bonds. The van der Waals surface area contributed by atoms with Gasteiger partial charge in [0.1, 0.15) is 5.82 Å². The summed E-state index contributed by atoms with van der Waals surface area (Å²) in [5.74, 6) is -1.11. The minimum Gasteiger partial charge on any atom is -0.348 e. The van der Waals surface area contributed by atoms with Crippen LogP contribution in [0.2, 0.25) is 0 Å². The van der Waals surface area contributed by atoms with E-state index >= 15 is 0 Å². The summed E-state index contributed by atoms with van der Waals surface area (Å²) in [5.41, 5.74) is 5.74. The minimum atomic E-state index is -0.399. The van der Waals surface area contributed by atoms with E-state index in [4.69, 9.17) is 5.73 Å². The Balaban J connectivity index is 2.47. The summed E-state index contributed by atoms with van der Waals surface area (Å²) in [6, 6.07) is 5.64. The molecule has 18 heavy (non-hydrogen) atoms. The van der Waals surface area contributed by atoms with Crippen LogP contribution >= 0.6 is 0 Å². The van der Waals surface area contributed by atoms with Gasteiger partial charge in [-0.15, -0.1) is 0 Å². The summed E-state index contributed by atoms with van der Waals surface area (Å²) in [4.78, 5) is 22.3. The Hall–Kier alpha value is -1.95. The lowest BCUT2D eigenvalue weighted by Crippen LogP contribution is -2.40. The van der Waals surface area contributed by atoms with E-state index in [1.54, 1.807) is 19.1 Å². The molecule has 1 atom stereocenters. The molecule has 1 aromatic rings. The van der Waals surface area contributed by atoms with Crippen molar-refractivity contribution in [2.24, 2.45) is 5.73 Å². The average Bonchev–Trinajstić information content (AvgIpc) is 2.35. The molecule has 0 unspecified atom stereocenters. The van der Waals surface area contributed by atoms with E-state index in [1.165, 1.54) is 12.1 Å². The number of benzene rings is 1. The van der Waals surface area contributed by atoms with Crippen LogP contribution in [-0.2, 0) is 9.59 Å². The van der Waals surface area contributed by atoms with E-state index in [-0.39, 0.29) is 30.9 Å². The van der Waals surface area contributed by atoms with Crippen LogP contribution in [-0.4, -0.2) is 24.9 Å². The molecule has 6 heteroatoms. The molecular weight excluding hydrogens is 237 g/mol. The number of halogens is 1.